The van der Waals surface area contributed by atoms with Gasteiger partial charge in [-0.25, -0.2) is 14.5 Å². The molecule has 0 radical (unpaired) electrons. The molecule has 1 amide bonds. The summed E-state index contributed by atoms with van der Waals surface area (Å²) in [6.07, 6.45) is 7.81. The van der Waals surface area contributed by atoms with E-state index in [-0.39, 0.29) is 11.7 Å². The zero-order valence-corrected chi connectivity index (χ0v) is 25.3. The van der Waals surface area contributed by atoms with Crippen LogP contribution in [0.3, 0.4) is 0 Å². The van der Waals surface area contributed by atoms with E-state index in [1.54, 1.807) is 4.68 Å². The molecule has 1 saturated heterocycles. The van der Waals surface area contributed by atoms with Gasteiger partial charge in [-0.2, -0.15) is 5.10 Å². The van der Waals surface area contributed by atoms with Gasteiger partial charge in [0.2, 0.25) is 5.91 Å². The summed E-state index contributed by atoms with van der Waals surface area (Å²) < 4.78 is 8.37. The normalized spacial score (nSPS) is 18.3. The summed E-state index contributed by atoms with van der Waals surface area (Å²) in [6, 6.07) is 18.7. The van der Waals surface area contributed by atoms with Gasteiger partial charge in [0, 0.05) is 30.1 Å². The van der Waals surface area contributed by atoms with Crippen molar-refractivity contribution in [1.29, 1.82) is 0 Å². The molecule has 1 N–H and O–H groups in total. The Balaban J connectivity index is 1.11. The Morgan fingerprint density at radius 1 is 1.00 bits per heavy atom. The lowest BCUT2D eigenvalue weighted by Gasteiger charge is -2.32. The second-order valence-electron chi connectivity index (χ2n) is 12.4. The maximum Gasteiger partial charge on any atom is 0.339 e. The first-order chi connectivity index (χ1) is 21.4. The molecule has 1 saturated carbocycles. The molecule has 3 aliphatic rings. The quantitative estimate of drug-likeness (QED) is 0.246. The Labute approximate surface area is 257 Å². The third-order valence-electron chi connectivity index (χ3n) is 9.53. The highest BCUT2D eigenvalue weighted by Gasteiger charge is 2.35. The van der Waals surface area contributed by atoms with E-state index in [2.05, 4.69) is 53.3 Å². The van der Waals surface area contributed by atoms with Gasteiger partial charge in [-0.1, -0.05) is 43.3 Å². The minimum absolute atomic E-state index is 0.0950. The standard InChI is InChI=1S/C36H38N4O4/c1-3-30-28(36(42)43)21-37-40(30)33-9-5-8-29(38-33)27-7-4-6-24-12-15-32(34(24)27)44-31-14-13-26(20-22(31)2)23-16-18-39(19-17-23)35(41)25-10-11-25/h4-9,13-14,20-21,23,25,32H,3,10-12,15-19H2,1-2H3,(H,42,43). The molecule has 0 spiro atoms. The molecule has 4 aromatic rings. The van der Waals surface area contributed by atoms with Gasteiger partial charge in [0.15, 0.2) is 5.82 Å². The van der Waals surface area contributed by atoms with Crippen LogP contribution in [0.25, 0.3) is 17.1 Å². The molecule has 2 aromatic heterocycles. The minimum atomic E-state index is -0.987. The molecule has 44 heavy (non-hydrogen) atoms. The number of hydrogen-bond acceptors (Lipinski definition) is 5. The highest BCUT2D eigenvalue weighted by molar-refractivity contribution is 5.88. The van der Waals surface area contributed by atoms with Gasteiger partial charge >= 0.3 is 5.97 Å². The van der Waals surface area contributed by atoms with Crippen molar-refractivity contribution in [2.75, 3.05) is 13.1 Å². The van der Waals surface area contributed by atoms with Crippen LogP contribution in [-0.4, -0.2) is 49.7 Å². The van der Waals surface area contributed by atoms with Crippen molar-refractivity contribution in [3.05, 3.63) is 94.3 Å². The second-order valence-corrected chi connectivity index (χ2v) is 12.4. The van der Waals surface area contributed by atoms with Crippen molar-refractivity contribution in [2.24, 2.45) is 5.92 Å². The number of hydrogen-bond donors (Lipinski definition) is 1. The second kappa shape index (κ2) is 11.6. The van der Waals surface area contributed by atoms with Gasteiger partial charge < -0.3 is 14.7 Å². The van der Waals surface area contributed by atoms with Crippen molar-refractivity contribution < 1.29 is 19.4 Å². The number of piperidine rings is 1. The molecule has 8 heteroatoms. The third-order valence-corrected chi connectivity index (χ3v) is 9.53. The lowest BCUT2D eigenvalue weighted by Crippen LogP contribution is -2.38. The predicted octanol–water partition coefficient (Wildman–Crippen LogP) is 6.69. The molecule has 2 aliphatic carbocycles. The van der Waals surface area contributed by atoms with E-state index in [0.29, 0.717) is 35.7 Å². The van der Waals surface area contributed by atoms with Crippen LogP contribution in [-0.2, 0) is 17.6 Å². The molecule has 226 valence electrons. The molecular weight excluding hydrogens is 552 g/mol. The minimum Gasteiger partial charge on any atom is -0.485 e. The molecule has 8 nitrogen and oxygen atoms in total. The summed E-state index contributed by atoms with van der Waals surface area (Å²) in [4.78, 5) is 31.2. The summed E-state index contributed by atoms with van der Waals surface area (Å²) in [5.74, 6) is 1.63. The number of carboxylic acids is 1. The fourth-order valence-electron chi connectivity index (χ4n) is 7.00. The molecule has 3 heterocycles. The molecule has 0 bridgehead atoms. The highest BCUT2D eigenvalue weighted by Crippen LogP contribution is 2.42. The molecule has 1 unspecified atom stereocenters. The summed E-state index contributed by atoms with van der Waals surface area (Å²) in [7, 11) is 0. The van der Waals surface area contributed by atoms with Crippen molar-refractivity contribution in [1.82, 2.24) is 19.7 Å². The van der Waals surface area contributed by atoms with Gasteiger partial charge in [0.25, 0.3) is 0 Å². The number of carbonyl (C=O) groups is 2. The number of aromatic nitrogens is 3. The first-order valence-electron chi connectivity index (χ1n) is 15.9. The van der Waals surface area contributed by atoms with Gasteiger partial charge in [-0.3, -0.25) is 4.79 Å². The van der Waals surface area contributed by atoms with Crippen LogP contribution >= 0.6 is 0 Å². The summed E-state index contributed by atoms with van der Waals surface area (Å²) >= 11 is 0. The number of likely N-dealkylation sites (tertiary alicyclic amines) is 1. The van der Waals surface area contributed by atoms with E-state index in [1.807, 2.05) is 25.1 Å². The van der Waals surface area contributed by atoms with E-state index in [1.165, 1.54) is 17.3 Å². The monoisotopic (exact) mass is 590 g/mol. The molecule has 2 aromatic carbocycles. The van der Waals surface area contributed by atoms with Crippen LogP contribution < -0.4 is 4.74 Å². The lowest BCUT2D eigenvalue weighted by molar-refractivity contribution is -0.133. The average Bonchev–Trinajstić information content (AvgIpc) is 3.67. The first kappa shape index (κ1) is 28.3. The third kappa shape index (κ3) is 5.27. The Hall–Kier alpha value is -4.46. The van der Waals surface area contributed by atoms with Gasteiger partial charge in [0.1, 0.15) is 17.4 Å². The van der Waals surface area contributed by atoms with Crippen LogP contribution in [0.15, 0.2) is 60.8 Å². The van der Waals surface area contributed by atoms with E-state index in [0.717, 1.165) is 79.7 Å². The van der Waals surface area contributed by atoms with Crippen molar-refractivity contribution in [3.8, 4) is 22.8 Å². The number of pyridine rings is 1. The SMILES string of the molecule is CCc1c(C(=O)O)cnn1-c1cccc(-c2cccc3c2C(Oc2ccc(C4CCN(C(=O)C5CC5)CC4)cc2C)CC3)n1. The number of nitrogens with zero attached hydrogens (tertiary/aromatic N) is 4. The van der Waals surface area contributed by atoms with Crippen LogP contribution in [0.4, 0.5) is 0 Å². The first-order valence-corrected chi connectivity index (χ1v) is 15.9. The average molecular weight is 591 g/mol. The maximum atomic E-state index is 12.5. The van der Waals surface area contributed by atoms with Crippen molar-refractivity contribution in [3.63, 3.8) is 0 Å². The van der Waals surface area contributed by atoms with Gasteiger partial charge in [-0.05, 0) is 92.7 Å². The zero-order chi connectivity index (χ0) is 30.4. The van der Waals surface area contributed by atoms with Crippen LogP contribution in [0.5, 0.6) is 5.75 Å². The number of aryl methyl sites for hydroxylation is 2. The zero-order valence-electron chi connectivity index (χ0n) is 25.3. The number of amides is 1. The Bertz CT molecular complexity index is 1730. The molecule has 2 fully saturated rings. The number of fused-ring (bicyclic) bond motifs is 1. The predicted molar refractivity (Wildman–Crippen MR) is 167 cm³/mol. The van der Waals surface area contributed by atoms with E-state index < -0.39 is 5.97 Å². The lowest BCUT2D eigenvalue weighted by atomic mass is 9.88. The topological polar surface area (TPSA) is 97.5 Å². The Morgan fingerprint density at radius 2 is 1.80 bits per heavy atom. The number of carboxylic acid groups (broad SMARTS) is 1. The van der Waals surface area contributed by atoms with E-state index in [4.69, 9.17) is 9.72 Å². The number of ether oxygens (including phenoxy) is 1. The largest absolute Gasteiger partial charge is 0.485 e. The number of rotatable bonds is 8. The van der Waals surface area contributed by atoms with E-state index >= 15 is 0 Å². The molecular formula is C36H38N4O4. The van der Waals surface area contributed by atoms with Crippen molar-refractivity contribution >= 4 is 11.9 Å². The number of benzene rings is 2. The molecule has 1 aliphatic heterocycles. The molecule has 1 atom stereocenters. The summed E-state index contributed by atoms with van der Waals surface area (Å²) in [5, 5.41) is 14.0. The van der Waals surface area contributed by atoms with Crippen LogP contribution in [0, 0.1) is 12.8 Å². The van der Waals surface area contributed by atoms with Crippen LogP contribution in [0.1, 0.15) is 89.4 Å². The Kier molecular flexibility index (Phi) is 7.44. The fourth-order valence-corrected chi connectivity index (χ4v) is 7.00. The summed E-state index contributed by atoms with van der Waals surface area (Å²) in [6.45, 7) is 5.76. The van der Waals surface area contributed by atoms with Crippen LogP contribution in [0.2, 0.25) is 0 Å². The van der Waals surface area contributed by atoms with E-state index in [9.17, 15) is 14.7 Å². The molecule has 7 rings (SSSR count). The van der Waals surface area contributed by atoms with Gasteiger partial charge in [0.05, 0.1) is 17.6 Å². The van der Waals surface area contributed by atoms with Crippen molar-refractivity contribution in [2.45, 2.75) is 70.8 Å². The highest BCUT2D eigenvalue weighted by atomic mass is 16.5. The maximum absolute atomic E-state index is 12.5. The smallest absolute Gasteiger partial charge is 0.339 e. The fraction of sp³-hybridized carbons (Fsp3) is 0.389. The number of aromatic carboxylic acids is 1. The Morgan fingerprint density at radius 3 is 2.52 bits per heavy atom. The number of carbonyl (C=O) groups excluding carboxylic acids is 1. The van der Waals surface area contributed by atoms with Gasteiger partial charge in [-0.15, -0.1) is 0 Å². The summed E-state index contributed by atoms with van der Waals surface area (Å²) in [5.41, 5.74) is 7.55.